The Morgan fingerprint density at radius 3 is 2.68 bits per heavy atom. The quantitative estimate of drug-likeness (QED) is 0.360. The van der Waals surface area contributed by atoms with Gasteiger partial charge >= 0.3 is 0 Å². The van der Waals surface area contributed by atoms with Gasteiger partial charge in [0, 0.05) is 63.4 Å². The van der Waals surface area contributed by atoms with Gasteiger partial charge in [-0.05, 0) is 51.8 Å². The van der Waals surface area contributed by atoms with E-state index in [1.807, 2.05) is 0 Å². The van der Waals surface area contributed by atoms with Gasteiger partial charge in [0.05, 0.1) is 11.1 Å². The van der Waals surface area contributed by atoms with Crippen LogP contribution in [0.3, 0.4) is 0 Å². The minimum Gasteiger partial charge on any atom is -0.373 e. The third kappa shape index (κ3) is 6.21. The molecule has 1 aliphatic heterocycles. The number of hydrogen-bond acceptors (Lipinski definition) is 7. The summed E-state index contributed by atoms with van der Waals surface area (Å²) < 4.78 is 16.1. The minimum absolute atomic E-state index is 0.273. The van der Waals surface area contributed by atoms with Crippen molar-refractivity contribution in [2.75, 3.05) is 43.9 Å². The molecule has 1 N–H and O–H groups in total. The predicted molar refractivity (Wildman–Crippen MR) is 147 cm³/mol. The fraction of sp³-hybridized carbons (Fsp3) is 0.556. The molecule has 1 atom stereocenters. The van der Waals surface area contributed by atoms with Crippen LogP contribution >= 0.6 is 11.6 Å². The van der Waals surface area contributed by atoms with Crippen LogP contribution in [0.25, 0.3) is 5.57 Å². The predicted octanol–water partition coefficient (Wildman–Crippen LogP) is 4.43. The van der Waals surface area contributed by atoms with Crippen molar-refractivity contribution in [2.45, 2.75) is 63.4 Å². The summed E-state index contributed by atoms with van der Waals surface area (Å²) in [4.78, 5) is 29.8. The smallest absolute Gasteiger partial charge is 0.137 e. The number of anilines is 2. The molecule has 1 aliphatic carbocycles. The number of alkyl halides is 1. The number of nitrogens with one attached hydrogen (secondary N) is 1. The van der Waals surface area contributed by atoms with Crippen LogP contribution in [-0.4, -0.2) is 75.9 Å². The van der Waals surface area contributed by atoms with Crippen LogP contribution in [0.4, 0.5) is 16.0 Å². The Kier molecular flexibility index (Phi) is 8.97. The number of allylic oxidation sites excluding steroid dienone is 4. The number of carbonyl (C=O) groups excluding carboxylic acids is 1. The number of aldehydes is 1. The number of carbonyl (C=O) groups is 1. The van der Waals surface area contributed by atoms with E-state index in [9.17, 15) is 9.18 Å². The monoisotopic (exact) mass is 529 g/mol. The third-order valence-electron chi connectivity index (χ3n) is 7.46. The molecule has 1 fully saturated rings. The first-order valence-electron chi connectivity index (χ1n) is 13.0. The van der Waals surface area contributed by atoms with Crippen LogP contribution in [0.5, 0.6) is 0 Å². The third-order valence-corrected chi connectivity index (χ3v) is 7.82. The highest BCUT2D eigenvalue weighted by Crippen LogP contribution is 2.35. The van der Waals surface area contributed by atoms with Crippen molar-refractivity contribution in [3.8, 4) is 0 Å². The molecule has 1 saturated heterocycles. The second kappa shape index (κ2) is 12.2. The van der Waals surface area contributed by atoms with Gasteiger partial charge in [-0.1, -0.05) is 6.08 Å². The first kappa shape index (κ1) is 27.3. The molecule has 4 rings (SSSR count). The van der Waals surface area contributed by atoms with Crippen molar-refractivity contribution >= 4 is 35.1 Å². The van der Waals surface area contributed by atoms with E-state index in [0.717, 1.165) is 73.8 Å². The van der Waals surface area contributed by atoms with E-state index in [0.29, 0.717) is 18.3 Å². The van der Waals surface area contributed by atoms with Crippen LogP contribution in [-0.2, 0) is 17.8 Å². The molecule has 0 radical (unpaired) electrons. The number of nitrogens with zero attached hydrogens (tertiary/aromatic N) is 6. The van der Waals surface area contributed by atoms with E-state index >= 15 is 0 Å². The molecule has 2 aliphatic rings. The molecule has 0 spiro atoms. The lowest BCUT2D eigenvalue weighted by Crippen LogP contribution is -2.35. The molecule has 0 amide bonds. The lowest BCUT2D eigenvalue weighted by molar-refractivity contribution is -0.107. The average molecular weight is 530 g/mol. The van der Waals surface area contributed by atoms with E-state index < -0.39 is 5.38 Å². The van der Waals surface area contributed by atoms with Gasteiger partial charge in [-0.25, -0.2) is 19.3 Å². The molecule has 200 valence electrons. The van der Waals surface area contributed by atoms with Crippen molar-refractivity contribution in [2.24, 2.45) is 0 Å². The second-order valence-corrected chi connectivity index (χ2v) is 10.6. The summed E-state index contributed by atoms with van der Waals surface area (Å²) in [5.74, 6) is 2.58. The van der Waals surface area contributed by atoms with Crippen molar-refractivity contribution < 1.29 is 9.18 Å². The summed E-state index contributed by atoms with van der Waals surface area (Å²) in [7, 11) is 3.94. The highest BCUT2D eigenvalue weighted by atomic mass is 35.5. The Bertz CT molecular complexity index is 1150. The Morgan fingerprint density at radius 1 is 1.27 bits per heavy atom. The molecular formula is C27H37ClFN7O. The first-order chi connectivity index (χ1) is 17.8. The lowest BCUT2D eigenvalue weighted by Gasteiger charge is -2.34. The number of aromatic nitrogens is 4. The maximum Gasteiger partial charge on any atom is 0.137 e. The average Bonchev–Trinajstić information content (AvgIpc) is 3.33. The number of hydrogen-bond donors (Lipinski definition) is 1. The molecule has 0 saturated carbocycles. The maximum atomic E-state index is 13.8. The Morgan fingerprint density at radius 2 is 2.03 bits per heavy atom. The summed E-state index contributed by atoms with van der Waals surface area (Å²) in [6.45, 7) is 7.75. The topological polar surface area (TPSA) is 79.2 Å². The largest absolute Gasteiger partial charge is 0.373 e. The van der Waals surface area contributed by atoms with E-state index in [2.05, 4.69) is 56.7 Å². The molecule has 37 heavy (non-hydrogen) atoms. The molecule has 0 aromatic carbocycles. The molecule has 3 heterocycles. The molecule has 0 bridgehead atoms. The summed E-state index contributed by atoms with van der Waals surface area (Å²) >= 11 is 6.21. The summed E-state index contributed by atoms with van der Waals surface area (Å²) in [5.41, 5.74) is 2.68. The number of halogens is 2. The molecular weight excluding hydrogens is 493 g/mol. The van der Waals surface area contributed by atoms with E-state index in [1.165, 1.54) is 6.08 Å². The highest BCUT2D eigenvalue weighted by Gasteiger charge is 2.29. The van der Waals surface area contributed by atoms with Crippen LogP contribution in [0, 0.1) is 0 Å². The van der Waals surface area contributed by atoms with Gasteiger partial charge in [-0.15, -0.1) is 11.6 Å². The van der Waals surface area contributed by atoms with E-state index in [1.54, 1.807) is 19.5 Å². The van der Waals surface area contributed by atoms with Crippen LogP contribution in [0.2, 0.25) is 0 Å². The zero-order chi connectivity index (χ0) is 26.5. The lowest BCUT2D eigenvalue weighted by atomic mass is 9.95. The standard InChI is InChI=1S/C27H37ClFN7O/c1-18(2)34(4)12-13-36-16-24(20-5-6-23(29)22(28)15-20)33-26(36)19-7-10-35(11-8-19)27-21(9-14-37)25(30-3)31-17-32-27/h5-6,14,16-19,22H,7-13,15H2,1-4H3,(H,30,31,32). The van der Waals surface area contributed by atoms with Crippen molar-refractivity contribution in [1.82, 2.24) is 24.4 Å². The summed E-state index contributed by atoms with van der Waals surface area (Å²) in [5, 5.41) is 2.44. The Hall–Kier alpha value is -2.78. The second-order valence-electron chi connectivity index (χ2n) is 10.1. The van der Waals surface area contributed by atoms with Gasteiger partial charge in [-0.2, -0.15) is 0 Å². The van der Waals surface area contributed by atoms with Crippen molar-refractivity contribution in [3.05, 3.63) is 47.6 Å². The molecule has 2 aromatic heterocycles. The molecule has 8 nitrogen and oxygen atoms in total. The van der Waals surface area contributed by atoms with Gasteiger partial charge in [-0.3, -0.25) is 0 Å². The van der Waals surface area contributed by atoms with Crippen LogP contribution < -0.4 is 10.2 Å². The van der Waals surface area contributed by atoms with Gasteiger partial charge < -0.3 is 24.5 Å². The fourth-order valence-corrected chi connectivity index (χ4v) is 5.20. The zero-order valence-electron chi connectivity index (χ0n) is 22.1. The maximum absolute atomic E-state index is 13.8. The van der Waals surface area contributed by atoms with Crippen molar-refractivity contribution in [3.63, 3.8) is 0 Å². The van der Waals surface area contributed by atoms with Crippen molar-refractivity contribution in [1.29, 1.82) is 0 Å². The number of piperidine rings is 1. The Balaban J connectivity index is 1.56. The van der Waals surface area contributed by atoms with Crippen LogP contribution in [0.1, 0.15) is 56.1 Å². The molecule has 2 aromatic rings. The minimum atomic E-state index is -0.639. The van der Waals surface area contributed by atoms with E-state index in [4.69, 9.17) is 16.6 Å². The van der Waals surface area contributed by atoms with Gasteiger partial charge in [0.2, 0.25) is 0 Å². The van der Waals surface area contributed by atoms with Gasteiger partial charge in [0.1, 0.15) is 35.9 Å². The normalized spacial score (nSPS) is 18.8. The van der Waals surface area contributed by atoms with Crippen LogP contribution in [0.15, 0.2) is 30.5 Å². The highest BCUT2D eigenvalue weighted by molar-refractivity contribution is 6.23. The molecule has 1 unspecified atom stereocenters. The SMILES string of the molecule is CNc1ncnc(N2CCC(c3nc(C4=CC=C(F)C(Cl)C4)cn3CCN(C)C(C)C)CC2)c1CC=O. The fourth-order valence-electron chi connectivity index (χ4n) is 4.96. The Labute approximate surface area is 223 Å². The van der Waals surface area contributed by atoms with Gasteiger partial charge in [0.15, 0.2) is 0 Å². The first-order valence-corrected chi connectivity index (χ1v) is 13.4. The molecule has 10 heteroatoms. The number of likely N-dealkylation sites (N-methyl/N-ethyl adjacent to an activating group) is 1. The number of rotatable bonds is 10. The number of imidazole rings is 1. The van der Waals surface area contributed by atoms with E-state index in [-0.39, 0.29) is 18.2 Å². The zero-order valence-corrected chi connectivity index (χ0v) is 22.9. The summed E-state index contributed by atoms with van der Waals surface area (Å²) in [6.07, 6.45) is 10.4. The summed E-state index contributed by atoms with van der Waals surface area (Å²) in [6, 6.07) is 0.455. The van der Waals surface area contributed by atoms with Gasteiger partial charge in [0.25, 0.3) is 0 Å².